The molecule has 11 nitrogen and oxygen atoms in total. The van der Waals surface area contributed by atoms with Crippen molar-refractivity contribution >= 4 is 51.0 Å². The Labute approximate surface area is 271 Å². The molecule has 0 saturated heterocycles. The minimum absolute atomic E-state index is 0.189. The number of nitrogens with one attached hydrogen (secondary N) is 3. The van der Waals surface area contributed by atoms with Crippen LogP contribution in [0.5, 0.6) is 0 Å². The molecule has 1 heterocycles. The number of amides is 3. The summed E-state index contributed by atoms with van der Waals surface area (Å²) in [4.78, 5) is 42.9. The average Bonchev–Trinajstić information content (AvgIpc) is 3.26. The number of alkyl carbamates (subject to hydrolysis) is 1. The summed E-state index contributed by atoms with van der Waals surface area (Å²) in [6.45, 7) is 12.1. The molecule has 45 heavy (non-hydrogen) atoms. The van der Waals surface area contributed by atoms with Gasteiger partial charge in [-0.05, 0) is 69.0 Å². The van der Waals surface area contributed by atoms with Gasteiger partial charge in [-0.1, -0.05) is 45.0 Å². The van der Waals surface area contributed by atoms with Crippen molar-refractivity contribution in [1.82, 2.24) is 10.3 Å². The smallest absolute Gasteiger partial charge is 0.387 e. The number of hydrogen-bond acceptors (Lipinski definition) is 9. The second kappa shape index (κ2) is 14.4. The molecule has 13 heteroatoms. The maximum absolute atomic E-state index is 12.8. The molecule has 0 bridgehead atoms. The van der Waals surface area contributed by atoms with Gasteiger partial charge in [0.15, 0.2) is 5.13 Å². The molecule has 2 unspecified atom stereocenters. The van der Waals surface area contributed by atoms with Crippen LogP contribution in [0.15, 0.2) is 53.4 Å². The van der Waals surface area contributed by atoms with E-state index in [4.69, 9.17) is 20.2 Å². The third-order valence-corrected chi connectivity index (χ3v) is 8.49. The first-order chi connectivity index (χ1) is 20.9. The molecule has 244 valence electrons. The summed E-state index contributed by atoms with van der Waals surface area (Å²) in [5.74, 6) is -2.10. The van der Waals surface area contributed by atoms with Crippen molar-refractivity contribution in [3.63, 3.8) is 0 Å². The summed E-state index contributed by atoms with van der Waals surface area (Å²) in [7, 11) is -1.05. The molecule has 2 atom stereocenters. The quantitative estimate of drug-likeness (QED) is 0.184. The molecule has 0 radical (unpaired) electrons. The van der Waals surface area contributed by atoms with E-state index in [9.17, 15) is 18.6 Å². The van der Waals surface area contributed by atoms with E-state index >= 15 is 0 Å². The van der Waals surface area contributed by atoms with E-state index in [2.05, 4.69) is 16.0 Å². The normalized spacial score (nSPS) is 13.7. The van der Waals surface area contributed by atoms with Crippen LogP contribution in [0.1, 0.15) is 70.2 Å². The standard InChI is InChI=1S/C32H43N5O6S2/c1-20(38)34-28-35-25(26(44-28)19-22-11-16-24(17-12-22)45(8)41)18-13-21-9-14-23(15-10-21)36-32(30(2,3)4,42-27(33)39)43-29(40)37-31(5,6)7/h9-12,14-17,36H,13,18-19H2,1-8H3,(H2,33,39)(H,37,40)(H,34,35,38). The predicted octanol–water partition coefficient (Wildman–Crippen LogP) is 5.95. The van der Waals surface area contributed by atoms with Crippen molar-refractivity contribution < 1.29 is 28.1 Å². The fourth-order valence-electron chi connectivity index (χ4n) is 4.28. The Morgan fingerprint density at radius 2 is 1.51 bits per heavy atom. The highest BCUT2D eigenvalue weighted by atomic mass is 32.2. The van der Waals surface area contributed by atoms with E-state index in [-0.39, 0.29) is 5.91 Å². The molecular weight excluding hydrogens is 615 g/mol. The fourth-order valence-corrected chi connectivity index (χ4v) is 5.89. The van der Waals surface area contributed by atoms with Gasteiger partial charge in [0.05, 0.1) is 11.1 Å². The first-order valence-corrected chi connectivity index (χ1v) is 16.8. The predicted molar refractivity (Wildman–Crippen MR) is 178 cm³/mol. The van der Waals surface area contributed by atoms with Crippen molar-refractivity contribution in [3.05, 3.63) is 70.2 Å². The lowest BCUT2D eigenvalue weighted by atomic mass is 9.90. The zero-order valence-electron chi connectivity index (χ0n) is 27.0. The molecule has 0 saturated carbocycles. The van der Waals surface area contributed by atoms with E-state index < -0.39 is 39.9 Å². The summed E-state index contributed by atoms with van der Waals surface area (Å²) in [5.41, 5.74) is 7.39. The number of ether oxygens (including phenoxy) is 2. The van der Waals surface area contributed by atoms with E-state index in [1.54, 1.807) is 59.9 Å². The summed E-state index contributed by atoms with van der Waals surface area (Å²) in [5, 5.41) is 9.12. The Bertz CT molecular complexity index is 1530. The Morgan fingerprint density at radius 1 is 0.911 bits per heavy atom. The lowest BCUT2D eigenvalue weighted by Gasteiger charge is -2.42. The highest BCUT2D eigenvalue weighted by Crippen LogP contribution is 2.37. The van der Waals surface area contributed by atoms with Gasteiger partial charge in [0.1, 0.15) is 0 Å². The van der Waals surface area contributed by atoms with E-state index in [0.717, 1.165) is 26.6 Å². The van der Waals surface area contributed by atoms with Crippen LogP contribution in [-0.4, -0.2) is 45.0 Å². The number of benzene rings is 2. The molecule has 2 aromatic carbocycles. The van der Waals surface area contributed by atoms with Gasteiger partial charge in [-0.2, -0.15) is 0 Å². The molecule has 3 rings (SSSR count). The summed E-state index contributed by atoms with van der Waals surface area (Å²) in [6.07, 6.45) is 1.68. The first kappa shape index (κ1) is 35.5. The summed E-state index contributed by atoms with van der Waals surface area (Å²) in [6, 6.07) is 15.1. The third-order valence-electron chi connectivity index (χ3n) is 6.54. The Balaban J connectivity index is 1.80. The van der Waals surface area contributed by atoms with Crippen LogP contribution < -0.4 is 21.7 Å². The third kappa shape index (κ3) is 10.6. The van der Waals surface area contributed by atoms with Crippen LogP contribution in [0.2, 0.25) is 0 Å². The second-order valence-electron chi connectivity index (χ2n) is 12.7. The van der Waals surface area contributed by atoms with E-state index in [0.29, 0.717) is 30.1 Å². The van der Waals surface area contributed by atoms with Crippen molar-refractivity contribution in [3.8, 4) is 0 Å². The Hall–Kier alpha value is -3.97. The van der Waals surface area contributed by atoms with Crippen molar-refractivity contribution in [2.75, 3.05) is 16.9 Å². The lowest BCUT2D eigenvalue weighted by Crippen LogP contribution is -2.59. The number of aryl methyl sites for hydroxylation is 2. The van der Waals surface area contributed by atoms with Crippen molar-refractivity contribution in [2.45, 2.75) is 84.1 Å². The molecule has 0 aliphatic heterocycles. The molecule has 1 aromatic heterocycles. The number of carbonyl (C=O) groups excluding carboxylic acids is 3. The number of rotatable bonds is 11. The molecular formula is C32H43N5O6S2. The molecule has 0 aliphatic rings. The van der Waals surface area contributed by atoms with Gasteiger partial charge in [-0.15, -0.1) is 11.3 Å². The first-order valence-electron chi connectivity index (χ1n) is 14.4. The molecule has 0 aliphatic carbocycles. The highest BCUT2D eigenvalue weighted by Gasteiger charge is 2.50. The van der Waals surface area contributed by atoms with Crippen LogP contribution in [0.3, 0.4) is 0 Å². The Morgan fingerprint density at radius 3 is 2.02 bits per heavy atom. The van der Waals surface area contributed by atoms with Gasteiger partial charge in [0.2, 0.25) is 5.91 Å². The van der Waals surface area contributed by atoms with E-state index in [1.807, 2.05) is 36.4 Å². The minimum Gasteiger partial charge on any atom is -0.387 e. The van der Waals surface area contributed by atoms with Gasteiger partial charge in [0.25, 0.3) is 0 Å². The summed E-state index contributed by atoms with van der Waals surface area (Å²) < 4.78 is 22.9. The monoisotopic (exact) mass is 657 g/mol. The zero-order valence-corrected chi connectivity index (χ0v) is 28.7. The summed E-state index contributed by atoms with van der Waals surface area (Å²) >= 11 is 1.44. The van der Waals surface area contributed by atoms with Crippen molar-refractivity contribution in [1.29, 1.82) is 0 Å². The number of nitrogens with two attached hydrogens (primary N) is 1. The minimum atomic E-state index is -1.91. The maximum atomic E-state index is 12.8. The number of thiazole rings is 1. The SMILES string of the molecule is CC(=O)Nc1nc(CCc2ccc(NC(OC(N)=O)(OC(=O)NC(C)(C)C)C(C)(C)C)cc2)c(Cc2ccc(S(C)=O)cc2)s1. The number of primary amides is 1. The van der Waals surface area contributed by atoms with Crippen LogP contribution in [0, 0.1) is 5.41 Å². The van der Waals surface area contributed by atoms with Crippen LogP contribution >= 0.6 is 11.3 Å². The van der Waals surface area contributed by atoms with Gasteiger partial charge < -0.3 is 31.2 Å². The van der Waals surface area contributed by atoms with Gasteiger partial charge in [0, 0.05) is 51.4 Å². The topological polar surface area (TPSA) is 162 Å². The van der Waals surface area contributed by atoms with Crippen LogP contribution in [0.25, 0.3) is 0 Å². The maximum Gasteiger partial charge on any atom is 0.412 e. The number of aromatic nitrogens is 1. The Kier molecular flexibility index (Phi) is 11.4. The van der Waals surface area contributed by atoms with E-state index in [1.165, 1.54) is 18.3 Å². The number of carbonyl (C=O) groups is 3. The fraction of sp³-hybridized carbons (Fsp3) is 0.438. The molecule has 3 aromatic rings. The molecule has 0 fully saturated rings. The van der Waals surface area contributed by atoms with Gasteiger partial charge in [-0.3, -0.25) is 9.00 Å². The molecule has 3 amide bonds. The highest BCUT2D eigenvalue weighted by molar-refractivity contribution is 7.84. The lowest BCUT2D eigenvalue weighted by molar-refractivity contribution is -0.202. The largest absolute Gasteiger partial charge is 0.412 e. The number of nitrogens with zero attached hydrogens (tertiary/aromatic N) is 1. The molecule has 0 spiro atoms. The van der Waals surface area contributed by atoms with Gasteiger partial charge >= 0.3 is 18.1 Å². The zero-order chi connectivity index (χ0) is 33.6. The number of hydrogen-bond donors (Lipinski definition) is 4. The van der Waals surface area contributed by atoms with Gasteiger partial charge in [-0.25, -0.2) is 14.6 Å². The van der Waals surface area contributed by atoms with Crippen LogP contribution in [0.4, 0.5) is 20.4 Å². The number of anilines is 2. The van der Waals surface area contributed by atoms with Crippen LogP contribution in [-0.2, 0) is 44.3 Å². The molecule has 5 N–H and O–H groups in total. The average molecular weight is 658 g/mol. The second-order valence-corrected chi connectivity index (χ2v) is 15.2. The van der Waals surface area contributed by atoms with Crippen molar-refractivity contribution in [2.24, 2.45) is 11.1 Å².